The van der Waals surface area contributed by atoms with Crippen molar-refractivity contribution >= 4 is 11.6 Å². The number of amides is 1. The number of ether oxygens (including phenoxy) is 2. The summed E-state index contributed by atoms with van der Waals surface area (Å²) >= 11 is 0. The van der Waals surface area contributed by atoms with E-state index >= 15 is 0 Å². The molecule has 22 heavy (non-hydrogen) atoms. The van der Waals surface area contributed by atoms with Crippen LogP contribution in [0.2, 0.25) is 0 Å². The summed E-state index contributed by atoms with van der Waals surface area (Å²) in [5, 5.41) is 0. The SMILES string of the molecule is O=C(CO[C@@H]1CCOC1)N1CC2(CCCC2)c2ccccc21. The highest BCUT2D eigenvalue weighted by molar-refractivity contribution is 5.97. The van der Waals surface area contributed by atoms with Gasteiger partial charge in [0.05, 0.1) is 12.7 Å². The van der Waals surface area contributed by atoms with E-state index < -0.39 is 0 Å². The molecule has 1 aromatic carbocycles. The van der Waals surface area contributed by atoms with Crippen LogP contribution in [0, 0.1) is 0 Å². The number of rotatable bonds is 3. The van der Waals surface area contributed by atoms with Gasteiger partial charge in [0.2, 0.25) is 0 Å². The second-order valence-corrected chi connectivity index (χ2v) is 6.78. The Morgan fingerprint density at radius 3 is 2.91 bits per heavy atom. The Morgan fingerprint density at radius 2 is 2.14 bits per heavy atom. The molecule has 1 spiro atoms. The first-order valence-electron chi connectivity index (χ1n) is 8.38. The highest BCUT2D eigenvalue weighted by atomic mass is 16.5. The second-order valence-electron chi connectivity index (χ2n) is 6.78. The maximum atomic E-state index is 12.7. The van der Waals surface area contributed by atoms with E-state index in [1.807, 2.05) is 11.0 Å². The van der Waals surface area contributed by atoms with Gasteiger partial charge in [-0.1, -0.05) is 31.0 Å². The van der Waals surface area contributed by atoms with E-state index in [0.29, 0.717) is 6.61 Å². The van der Waals surface area contributed by atoms with E-state index in [9.17, 15) is 4.79 Å². The van der Waals surface area contributed by atoms with Gasteiger partial charge in [0.1, 0.15) is 6.61 Å². The van der Waals surface area contributed by atoms with Gasteiger partial charge in [0, 0.05) is 24.3 Å². The van der Waals surface area contributed by atoms with Crippen LogP contribution in [0.3, 0.4) is 0 Å². The van der Waals surface area contributed by atoms with Crippen LogP contribution < -0.4 is 4.90 Å². The predicted octanol–water partition coefficient (Wildman–Crippen LogP) is 2.65. The lowest BCUT2D eigenvalue weighted by molar-refractivity contribution is -0.125. The van der Waals surface area contributed by atoms with Gasteiger partial charge in [0.15, 0.2) is 0 Å². The summed E-state index contributed by atoms with van der Waals surface area (Å²) < 4.78 is 11.0. The summed E-state index contributed by atoms with van der Waals surface area (Å²) in [5.41, 5.74) is 2.66. The molecule has 1 saturated carbocycles. The van der Waals surface area contributed by atoms with Gasteiger partial charge in [-0.25, -0.2) is 0 Å². The average Bonchev–Trinajstić information content (AvgIpc) is 3.28. The Balaban J connectivity index is 1.51. The quantitative estimate of drug-likeness (QED) is 0.861. The fourth-order valence-electron chi connectivity index (χ4n) is 4.24. The first kappa shape index (κ1) is 14.2. The zero-order valence-electron chi connectivity index (χ0n) is 12.9. The molecule has 1 amide bonds. The molecule has 1 saturated heterocycles. The highest BCUT2D eigenvalue weighted by Crippen LogP contribution is 2.50. The van der Waals surface area contributed by atoms with Crippen LogP contribution in [0.1, 0.15) is 37.7 Å². The van der Waals surface area contributed by atoms with Crippen molar-refractivity contribution in [1.29, 1.82) is 0 Å². The fraction of sp³-hybridized carbons (Fsp3) is 0.611. The Bertz CT molecular complexity index is 559. The van der Waals surface area contributed by atoms with Crippen LogP contribution in [0.15, 0.2) is 24.3 Å². The Hall–Kier alpha value is -1.39. The van der Waals surface area contributed by atoms with Crippen LogP contribution >= 0.6 is 0 Å². The largest absolute Gasteiger partial charge is 0.379 e. The number of para-hydroxylation sites is 1. The van der Waals surface area contributed by atoms with Crippen molar-refractivity contribution < 1.29 is 14.3 Å². The summed E-state index contributed by atoms with van der Waals surface area (Å²) in [6.45, 7) is 2.36. The molecule has 1 atom stereocenters. The van der Waals surface area contributed by atoms with Gasteiger partial charge in [-0.3, -0.25) is 4.79 Å². The molecule has 0 bridgehead atoms. The van der Waals surface area contributed by atoms with Gasteiger partial charge in [-0.15, -0.1) is 0 Å². The number of benzene rings is 1. The number of fused-ring (bicyclic) bond motifs is 2. The van der Waals surface area contributed by atoms with Crippen molar-refractivity contribution in [3.63, 3.8) is 0 Å². The smallest absolute Gasteiger partial charge is 0.253 e. The topological polar surface area (TPSA) is 38.8 Å². The van der Waals surface area contributed by atoms with Crippen molar-refractivity contribution in [3.8, 4) is 0 Å². The third-order valence-corrected chi connectivity index (χ3v) is 5.42. The van der Waals surface area contributed by atoms with Crippen LogP contribution in [0.5, 0.6) is 0 Å². The van der Waals surface area contributed by atoms with E-state index in [1.54, 1.807) is 0 Å². The number of anilines is 1. The summed E-state index contributed by atoms with van der Waals surface area (Å²) in [6, 6.07) is 8.41. The lowest BCUT2D eigenvalue weighted by Gasteiger charge is -2.25. The molecule has 4 rings (SSSR count). The van der Waals surface area contributed by atoms with E-state index in [0.717, 1.165) is 25.3 Å². The van der Waals surface area contributed by atoms with E-state index in [1.165, 1.54) is 31.2 Å². The zero-order chi connectivity index (χ0) is 15.0. The van der Waals surface area contributed by atoms with Crippen molar-refractivity contribution in [2.75, 3.05) is 31.3 Å². The summed E-state index contributed by atoms with van der Waals surface area (Å²) in [6.07, 6.45) is 5.92. The summed E-state index contributed by atoms with van der Waals surface area (Å²) in [5.74, 6) is 0.0862. The molecule has 0 radical (unpaired) electrons. The number of hydrogen-bond acceptors (Lipinski definition) is 3. The van der Waals surface area contributed by atoms with Crippen molar-refractivity contribution in [2.45, 2.75) is 43.6 Å². The summed E-state index contributed by atoms with van der Waals surface area (Å²) in [7, 11) is 0. The minimum absolute atomic E-state index is 0.0854. The lowest BCUT2D eigenvalue weighted by atomic mass is 9.81. The standard InChI is InChI=1S/C18H23NO3/c20-17(12-22-14-7-10-21-11-14)19-13-18(8-3-4-9-18)15-5-1-2-6-16(15)19/h1-2,5-6,14H,3-4,7-13H2/t14-/m1/s1. The van der Waals surface area contributed by atoms with Crippen molar-refractivity contribution in [3.05, 3.63) is 29.8 Å². The van der Waals surface area contributed by atoms with Crippen molar-refractivity contribution in [1.82, 2.24) is 0 Å². The molecule has 0 unspecified atom stereocenters. The molecular formula is C18H23NO3. The fourth-order valence-corrected chi connectivity index (χ4v) is 4.24. The molecule has 1 aliphatic carbocycles. The number of carbonyl (C=O) groups excluding carboxylic acids is 1. The van der Waals surface area contributed by atoms with E-state index in [2.05, 4.69) is 18.2 Å². The molecule has 0 aromatic heterocycles. The van der Waals surface area contributed by atoms with Crippen LogP contribution in [-0.4, -0.2) is 38.4 Å². The zero-order valence-corrected chi connectivity index (χ0v) is 12.9. The Labute approximate surface area is 131 Å². The van der Waals surface area contributed by atoms with Gasteiger partial charge in [0.25, 0.3) is 5.91 Å². The Morgan fingerprint density at radius 1 is 1.32 bits per heavy atom. The number of carbonyl (C=O) groups is 1. The molecule has 0 N–H and O–H groups in total. The normalized spacial score (nSPS) is 25.8. The molecule has 2 heterocycles. The molecular weight excluding hydrogens is 278 g/mol. The molecule has 4 heteroatoms. The van der Waals surface area contributed by atoms with Crippen LogP contribution in [-0.2, 0) is 19.7 Å². The van der Waals surface area contributed by atoms with E-state index in [-0.39, 0.29) is 24.0 Å². The highest BCUT2D eigenvalue weighted by Gasteiger charge is 2.45. The molecule has 2 fully saturated rings. The Kier molecular flexibility index (Phi) is 3.66. The third kappa shape index (κ3) is 2.34. The first-order chi connectivity index (χ1) is 10.8. The monoisotopic (exact) mass is 301 g/mol. The predicted molar refractivity (Wildman–Crippen MR) is 84.1 cm³/mol. The van der Waals surface area contributed by atoms with Gasteiger partial charge in [-0.2, -0.15) is 0 Å². The molecule has 3 aliphatic rings. The van der Waals surface area contributed by atoms with Gasteiger partial charge >= 0.3 is 0 Å². The minimum atomic E-state index is 0.0854. The number of nitrogens with zero attached hydrogens (tertiary/aromatic N) is 1. The molecule has 1 aromatic rings. The lowest BCUT2D eigenvalue weighted by Crippen LogP contribution is -2.38. The van der Waals surface area contributed by atoms with Crippen molar-refractivity contribution in [2.24, 2.45) is 0 Å². The molecule has 2 aliphatic heterocycles. The maximum Gasteiger partial charge on any atom is 0.253 e. The first-order valence-corrected chi connectivity index (χ1v) is 8.38. The average molecular weight is 301 g/mol. The van der Waals surface area contributed by atoms with Crippen LogP contribution in [0.25, 0.3) is 0 Å². The number of hydrogen-bond donors (Lipinski definition) is 0. The van der Waals surface area contributed by atoms with Crippen LogP contribution in [0.4, 0.5) is 5.69 Å². The summed E-state index contributed by atoms with van der Waals surface area (Å²) in [4.78, 5) is 14.6. The van der Waals surface area contributed by atoms with Gasteiger partial charge in [-0.05, 0) is 30.9 Å². The van der Waals surface area contributed by atoms with E-state index in [4.69, 9.17) is 9.47 Å². The molecule has 118 valence electrons. The maximum absolute atomic E-state index is 12.7. The second kappa shape index (κ2) is 5.67. The minimum Gasteiger partial charge on any atom is -0.379 e. The molecule has 4 nitrogen and oxygen atoms in total. The third-order valence-electron chi connectivity index (χ3n) is 5.42. The van der Waals surface area contributed by atoms with Gasteiger partial charge < -0.3 is 14.4 Å².